The van der Waals surface area contributed by atoms with Crippen LogP contribution in [0.3, 0.4) is 0 Å². The lowest BCUT2D eigenvalue weighted by Crippen LogP contribution is -2.40. The van der Waals surface area contributed by atoms with Crippen molar-refractivity contribution in [3.05, 3.63) is 106 Å². The number of esters is 1. The maximum Gasteiger partial charge on any atom is 0.338 e. The van der Waals surface area contributed by atoms with Crippen molar-refractivity contribution in [3.8, 4) is 17.1 Å². The molecule has 0 fully saturated rings. The number of hydrogen-bond donors (Lipinski definition) is 0. The van der Waals surface area contributed by atoms with E-state index in [0.29, 0.717) is 59.9 Å². The molecule has 1 aliphatic rings. The van der Waals surface area contributed by atoms with Crippen LogP contribution in [0.15, 0.2) is 74.0 Å². The fourth-order valence-corrected chi connectivity index (χ4v) is 6.25. The lowest BCUT2D eigenvalue weighted by Gasteiger charge is -2.27. The van der Waals surface area contributed by atoms with Gasteiger partial charge in [-0.05, 0) is 68.3 Å². The zero-order valence-electron chi connectivity index (χ0n) is 23.0. The number of nitrogens with zero attached hydrogens (tertiary/aromatic N) is 2. The summed E-state index contributed by atoms with van der Waals surface area (Å²) in [5.74, 6) is 1.09. The van der Waals surface area contributed by atoms with Gasteiger partial charge in [0.25, 0.3) is 5.56 Å². The molecule has 0 unspecified atom stereocenters. The van der Waals surface area contributed by atoms with Crippen LogP contribution in [0, 0.1) is 6.92 Å². The largest absolute Gasteiger partial charge is 0.496 e. The van der Waals surface area contributed by atoms with Crippen molar-refractivity contribution in [2.45, 2.75) is 39.7 Å². The Kier molecular flexibility index (Phi) is 8.54. The summed E-state index contributed by atoms with van der Waals surface area (Å²) in [5.41, 5.74) is 2.99. The number of benzene rings is 2. The molecule has 0 aliphatic carbocycles. The van der Waals surface area contributed by atoms with Crippen LogP contribution in [0.5, 0.6) is 5.75 Å². The SMILES string of the molecule is CCCC1=C(C(=O)OCC)[C@@H](c2cc(Cl)ccc2OC)n2c(s/c(=C/c3ccc(-c4cc(Cl)ccc4C)o3)c2=O)=N1. The van der Waals surface area contributed by atoms with Gasteiger partial charge >= 0.3 is 5.97 Å². The van der Waals surface area contributed by atoms with E-state index in [0.717, 1.165) is 17.5 Å². The second-order valence-corrected chi connectivity index (χ2v) is 11.3. The Balaban J connectivity index is 1.72. The van der Waals surface area contributed by atoms with Crippen molar-refractivity contribution >= 4 is 46.6 Å². The first-order valence-electron chi connectivity index (χ1n) is 13.2. The van der Waals surface area contributed by atoms with Crippen LogP contribution in [0.25, 0.3) is 17.4 Å². The van der Waals surface area contributed by atoms with Crippen molar-refractivity contribution in [3.63, 3.8) is 0 Å². The van der Waals surface area contributed by atoms with Crippen LogP contribution >= 0.6 is 34.5 Å². The topological polar surface area (TPSA) is 83.0 Å². The fourth-order valence-electron chi connectivity index (χ4n) is 4.90. The van der Waals surface area contributed by atoms with Crippen molar-refractivity contribution in [1.82, 2.24) is 4.57 Å². The van der Waals surface area contributed by atoms with Gasteiger partial charge < -0.3 is 13.9 Å². The number of hydrogen-bond acceptors (Lipinski definition) is 7. The standard InChI is InChI=1S/C31H28Cl2N2O5S/c1-5-7-23-27(30(37)39-6-2)28(22-15-19(33)10-12-24(22)38-4)35-29(36)26(41-31(35)34-23)16-20-11-13-25(40-20)21-14-18(32)9-8-17(21)3/h8-16,28H,5-7H2,1-4H3/b26-16+/t28-/m1/s1. The Morgan fingerprint density at radius 1 is 1.12 bits per heavy atom. The third-order valence-corrected chi connectivity index (χ3v) is 8.20. The molecular formula is C31H28Cl2N2O5S. The number of carbonyl (C=O) groups excluding carboxylic acids is 1. The zero-order valence-corrected chi connectivity index (χ0v) is 25.3. The smallest absolute Gasteiger partial charge is 0.338 e. The summed E-state index contributed by atoms with van der Waals surface area (Å²) in [6, 6.07) is 13.5. The number of aromatic nitrogens is 1. The van der Waals surface area contributed by atoms with Crippen LogP contribution in [-0.2, 0) is 9.53 Å². The van der Waals surface area contributed by atoms with Gasteiger partial charge in [0.05, 0.1) is 29.5 Å². The molecule has 5 rings (SSSR count). The molecule has 0 N–H and O–H groups in total. The summed E-state index contributed by atoms with van der Waals surface area (Å²) < 4.78 is 19.1. The van der Waals surface area contributed by atoms with Gasteiger partial charge in [-0.25, -0.2) is 9.79 Å². The Labute approximate surface area is 251 Å². The summed E-state index contributed by atoms with van der Waals surface area (Å²) in [7, 11) is 1.54. The maximum atomic E-state index is 14.0. The molecule has 41 heavy (non-hydrogen) atoms. The molecule has 0 saturated heterocycles. The predicted octanol–water partition coefficient (Wildman–Crippen LogP) is 6.46. The van der Waals surface area contributed by atoms with E-state index in [-0.39, 0.29) is 12.2 Å². The summed E-state index contributed by atoms with van der Waals surface area (Å²) in [4.78, 5) is 32.7. The van der Waals surface area contributed by atoms with Crippen molar-refractivity contribution in [1.29, 1.82) is 0 Å². The number of halogens is 2. The van der Waals surface area contributed by atoms with Gasteiger partial charge in [0.2, 0.25) is 0 Å². The van der Waals surface area contributed by atoms with Gasteiger partial charge in [0, 0.05) is 27.2 Å². The van der Waals surface area contributed by atoms with E-state index in [9.17, 15) is 9.59 Å². The van der Waals surface area contributed by atoms with Gasteiger partial charge in [-0.2, -0.15) is 0 Å². The van der Waals surface area contributed by atoms with Gasteiger partial charge in [0.15, 0.2) is 4.80 Å². The second kappa shape index (κ2) is 12.1. The number of ether oxygens (including phenoxy) is 2. The highest BCUT2D eigenvalue weighted by molar-refractivity contribution is 7.07. The van der Waals surface area contributed by atoms with E-state index in [1.54, 1.807) is 37.3 Å². The van der Waals surface area contributed by atoms with E-state index in [1.807, 2.05) is 38.1 Å². The van der Waals surface area contributed by atoms with E-state index in [2.05, 4.69) is 0 Å². The van der Waals surface area contributed by atoms with Gasteiger partial charge in [-0.15, -0.1) is 0 Å². The van der Waals surface area contributed by atoms with Crippen molar-refractivity contribution in [2.75, 3.05) is 13.7 Å². The van der Waals surface area contributed by atoms with E-state index in [1.165, 1.54) is 23.0 Å². The van der Waals surface area contributed by atoms with E-state index in [4.69, 9.17) is 42.1 Å². The molecule has 4 aromatic rings. The summed E-state index contributed by atoms with van der Waals surface area (Å²) in [6.07, 6.45) is 2.96. The Morgan fingerprint density at radius 3 is 2.61 bits per heavy atom. The van der Waals surface area contributed by atoms with Gasteiger partial charge in [0.1, 0.15) is 23.3 Å². The Bertz CT molecular complexity index is 1850. The molecule has 2 aromatic carbocycles. The quantitative estimate of drug-likeness (QED) is 0.214. The third-order valence-electron chi connectivity index (χ3n) is 6.74. The van der Waals surface area contributed by atoms with Crippen LogP contribution in [0.1, 0.15) is 49.6 Å². The van der Waals surface area contributed by atoms with E-state index >= 15 is 0 Å². The van der Waals surface area contributed by atoms with Crippen LogP contribution in [0.2, 0.25) is 10.0 Å². The molecule has 1 atom stereocenters. The lowest BCUT2D eigenvalue weighted by molar-refractivity contribution is -0.139. The number of thiazole rings is 1. The summed E-state index contributed by atoms with van der Waals surface area (Å²) >= 11 is 13.8. The third kappa shape index (κ3) is 5.64. The van der Waals surface area contributed by atoms with Crippen LogP contribution < -0.4 is 19.6 Å². The monoisotopic (exact) mass is 610 g/mol. The highest BCUT2D eigenvalue weighted by atomic mass is 35.5. The number of aryl methyl sites for hydroxylation is 1. The fraction of sp³-hybridized carbons (Fsp3) is 0.258. The van der Waals surface area contributed by atoms with Crippen LogP contribution in [-0.4, -0.2) is 24.3 Å². The first kappa shape index (κ1) is 28.9. The molecule has 3 heterocycles. The number of carbonyl (C=O) groups is 1. The van der Waals surface area contributed by atoms with Gasteiger partial charge in [-0.1, -0.05) is 53.9 Å². The minimum absolute atomic E-state index is 0.179. The van der Waals surface area contributed by atoms with E-state index < -0.39 is 12.0 Å². The molecule has 212 valence electrons. The summed E-state index contributed by atoms with van der Waals surface area (Å²) in [6.45, 7) is 5.90. The molecule has 0 spiro atoms. The minimum Gasteiger partial charge on any atom is -0.496 e. The highest BCUT2D eigenvalue weighted by Gasteiger charge is 2.36. The molecule has 0 radical (unpaired) electrons. The number of furan rings is 1. The summed E-state index contributed by atoms with van der Waals surface area (Å²) in [5, 5.41) is 1.05. The number of rotatable bonds is 8. The molecule has 2 aromatic heterocycles. The number of allylic oxidation sites excluding steroid dienone is 1. The highest BCUT2D eigenvalue weighted by Crippen LogP contribution is 2.38. The van der Waals surface area contributed by atoms with Crippen molar-refractivity contribution < 1.29 is 18.7 Å². The number of fused-ring (bicyclic) bond motifs is 1. The zero-order chi connectivity index (χ0) is 29.3. The maximum absolute atomic E-state index is 14.0. The second-order valence-electron chi connectivity index (χ2n) is 9.46. The lowest BCUT2D eigenvalue weighted by atomic mass is 9.93. The average Bonchev–Trinajstić information content (AvgIpc) is 3.53. The van der Waals surface area contributed by atoms with Gasteiger partial charge in [-0.3, -0.25) is 9.36 Å². The minimum atomic E-state index is -0.844. The molecule has 0 amide bonds. The molecule has 7 nitrogen and oxygen atoms in total. The number of methoxy groups -OCH3 is 1. The molecule has 10 heteroatoms. The Morgan fingerprint density at radius 2 is 1.88 bits per heavy atom. The van der Waals surface area contributed by atoms with Crippen molar-refractivity contribution in [2.24, 2.45) is 4.99 Å². The first-order chi connectivity index (χ1) is 19.7. The predicted molar refractivity (Wildman–Crippen MR) is 162 cm³/mol. The normalized spacial score (nSPS) is 15.1. The molecule has 1 aliphatic heterocycles. The molecule has 0 saturated carbocycles. The van der Waals surface area contributed by atoms with Crippen LogP contribution in [0.4, 0.5) is 0 Å². The Hall–Kier alpha value is -3.59. The average molecular weight is 612 g/mol. The first-order valence-corrected chi connectivity index (χ1v) is 14.7. The molecule has 0 bridgehead atoms. The molecular weight excluding hydrogens is 583 g/mol.